The zero-order valence-corrected chi connectivity index (χ0v) is 9.15. The molecule has 2 rings (SSSR count). The van der Waals surface area contributed by atoms with Crippen molar-refractivity contribution in [3.8, 4) is 0 Å². The second-order valence-corrected chi connectivity index (χ2v) is 3.44. The monoisotopic (exact) mass is 223 g/mol. The van der Waals surface area contributed by atoms with Crippen molar-refractivity contribution in [2.75, 3.05) is 0 Å². The lowest BCUT2D eigenvalue weighted by Gasteiger charge is -2.10. The van der Waals surface area contributed by atoms with Gasteiger partial charge in [-0.3, -0.25) is 0 Å². The fourth-order valence-electron chi connectivity index (χ4n) is 1.66. The predicted octanol–water partition coefficient (Wildman–Crippen LogP) is 2.63. The van der Waals surface area contributed by atoms with Gasteiger partial charge in [0.15, 0.2) is 0 Å². The van der Waals surface area contributed by atoms with Crippen molar-refractivity contribution < 1.29 is 4.79 Å². The molecule has 3 heteroatoms. The van der Waals surface area contributed by atoms with Crippen molar-refractivity contribution in [2.45, 2.75) is 6.04 Å². The minimum atomic E-state index is -0.250. The fraction of sp³-hybridized carbons (Fsp3) is 0.0714. The highest BCUT2D eigenvalue weighted by atomic mass is 16.1. The van der Waals surface area contributed by atoms with Gasteiger partial charge in [0, 0.05) is 6.15 Å². The number of rotatable bonds is 3. The Kier molecular flexibility index (Phi) is 4.82. The van der Waals surface area contributed by atoms with Gasteiger partial charge >= 0.3 is 0 Å². The molecule has 0 atom stereocenters. The second kappa shape index (κ2) is 6.38. The average Bonchev–Trinajstić information content (AvgIpc) is 2.38. The number of aliphatic imine (C=N–C) groups is 1. The van der Waals surface area contributed by atoms with Gasteiger partial charge in [0.2, 0.25) is 6.08 Å². The molecule has 17 heavy (non-hydrogen) atoms. The van der Waals surface area contributed by atoms with Crippen LogP contribution >= 0.6 is 0 Å². The zero-order valence-electron chi connectivity index (χ0n) is 9.15. The molecule has 0 aliphatic rings. The van der Waals surface area contributed by atoms with E-state index in [-0.39, 0.29) is 12.2 Å². The summed E-state index contributed by atoms with van der Waals surface area (Å²) >= 11 is 0. The summed E-state index contributed by atoms with van der Waals surface area (Å²) in [6.45, 7) is 0. The number of nitrogens with zero attached hydrogens (tertiary/aromatic N) is 2. The van der Waals surface area contributed by atoms with E-state index in [1.54, 1.807) is 6.08 Å². The minimum Gasteiger partial charge on any atom is -0.211 e. The van der Waals surface area contributed by atoms with Gasteiger partial charge in [-0.1, -0.05) is 60.7 Å². The number of carbonyl (C=O) groups excluding carboxylic acids is 1. The summed E-state index contributed by atoms with van der Waals surface area (Å²) in [4.78, 5) is 14.3. The first-order valence-electron chi connectivity index (χ1n) is 5.08. The molecular weight excluding hydrogens is 212 g/mol. The van der Waals surface area contributed by atoms with Gasteiger partial charge < -0.3 is 0 Å². The third-order valence-electron chi connectivity index (χ3n) is 2.41. The number of benzene rings is 2. The maximum absolute atomic E-state index is 10.5. The van der Waals surface area contributed by atoms with E-state index in [1.165, 1.54) is 0 Å². The molecule has 0 N–H and O–H groups in total. The van der Waals surface area contributed by atoms with Crippen LogP contribution in [-0.2, 0) is 4.79 Å². The summed E-state index contributed by atoms with van der Waals surface area (Å²) in [6.07, 6.45) is 1.64. The molecule has 83 valence electrons. The first-order valence-corrected chi connectivity index (χ1v) is 5.08. The van der Waals surface area contributed by atoms with E-state index >= 15 is 0 Å². The standard InChI is InChI=1S/C14H11NO.N/c16-11-15-14(12-7-3-1-4-8-12)13-9-5-2-6-10-13;/h1-10,14H;. The Labute approximate surface area is 100 Å². The van der Waals surface area contributed by atoms with E-state index in [4.69, 9.17) is 0 Å². The summed E-state index contributed by atoms with van der Waals surface area (Å²) in [6, 6.07) is 19.2. The summed E-state index contributed by atoms with van der Waals surface area (Å²) in [5.74, 6) is 0. The third kappa shape index (κ3) is 3.11. The van der Waals surface area contributed by atoms with Gasteiger partial charge in [0.25, 0.3) is 0 Å². The molecule has 2 aromatic rings. The summed E-state index contributed by atoms with van der Waals surface area (Å²) < 4.78 is 0. The normalized spacial score (nSPS) is 9.24. The average molecular weight is 223 g/mol. The SMILES string of the molecule is O=C=NC(c1ccccc1)c1ccccc1.[N]. The van der Waals surface area contributed by atoms with E-state index < -0.39 is 0 Å². The second-order valence-electron chi connectivity index (χ2n) is 3.44. The maximum atomic E-state index is 10.5. The van der Waals surface area contributed by atoms with Crippen LogP contribution < -0.4 is 6.15 Å². The van der Waals surface area contributed by atoms with E-state index in [1.807, 2.05) is 60.7 Å². The highest BCUT2D eigenvalue weighted by Gasteiger charge is 2.11. The van der Waals surface area contributed by atoms with Crippen LogP contribution in [0.5, 0.6) is 0 Å². The maximum Gasteiger partial charge on any atom is 0.235 e. The van der Waals surface area contributed by atoms with Gasteiger partial charge in [-0.05, 0) is 11.1 Å². The molecule has 0 fully saturated rings. The van der Waals surface area contributed by atoms with Gasteiger partial charge in [-0.15, -0.1) is 0 Å². The molecule has 0 aliphatic carbocycles. The highest BCUT2D eigenvalue weighted by molar-refractivity contribution is 5.40. The number of hydrogen-bond donors (Lipinski definition) is 0. The van der Waals surface area contributed by atoms with Crippen molar-refractivity contribution in [2.24, 2.45) is 4.99 Å². The summed E-state index contributed by atoms with van der Waals surface area (Å²) in [5.41, 5.74) is 1.99. The Balaban J connectivity index is 0.00000144. The lowest BCUT2D eigenvalue weighted by molar-refractivity contribution is 0.560. The van der Waals surface area contributed by atoms with Crippen LogP contribution in [0, 0.1) is 0 Å². The van der Waals surface area contributed by atoms with Crippen molar-refractivity contribution in [3.05, 3.63) is 71.8 Å². The van der Waals surface area contributed by atoms with Crippen molar-refractivity contribution in [1.82, 2.24) is 6.15 Å². The number of hydrogen-bond acceptors (Lipinski definition) is 2. The van der Waals surface area contributed by atoms with Crippen LogP contribution in [0.25, 0.3) is 0 Å². The van der Waals surface area contributed by atoms with Gasteiger partial charge in [-0.25, -0.2) is 4.79 Å². The molecule has 0 unspecified atom stereocenters. The van der Waals surface area contributed by atoms with Gasteiger partial charge in [0.05, 0.1) is 0 Å². The molecule has 0 saturated heterocycles. The van der Waals surface area contributed by atoms with Crippen LogP contribution in [0.1, 0.15) is 17.2 Å². The van der Waals surface area contributed by atoms with Gasteiger partial charge in [0.1, 0.15) is 6.04 Å². The van der Waals surface area contributed by atoms with E-state index in [9.17, 15) is 4.79 Å². The fourth-order valence-corrected chi connectivity index (χ4v) is 1.66. The molecule has 0 amide bonds. The Morgan fingerprint density at radius 2 is 1.24 bits per heavy atom. The first-order chi connectivity index (χ1) is 7.92. The third-order valence-corrected chi connectivity index (χ3v) is 2.41. The molecule has 2 aromatic carbocycles. The minimum absolute atomic E-state index is 0. The Bertz CT molecular complexity index is 451. The first kappa shape index (κ1) is 12.8. The van der Waals surface area contributed by atoms with Crippen LogP contribution in [0.15, 0.2) is 65.7 Å². The Morgan fingerprint density at radius 1 is 0.824 bits per heavy atom. The molecule has 0 bridgehead atoms. The van der Waals surface area contributed by atoms with Crippen LogP contribution in [0.3, 0.4) is 0 Å². The van der Waals surface area contributed by atoms with Gasteiger partial charge in [-0.2, -0.15) is 4.99 Å². The van der Waals surface area contributed by atoms with E-state index in [0.717, 1.165) is 11.1 Å². The highest BCUT2D eigenvalue weighted by Crippen LogP contribution is 2.24. The zero-order chi connectivity index (χ0) is 11.2. The van der Waals surface area contributed by atoms with Crippen LogP contribution in [0.4, 0.5) is 0 Å². The largest absolute Gasteiger partial charge is 0.235 e. The van der Waals surface area contributed by atoms with E-state index in [2.05, 4.69) is 4.99 Å². The van der Waals surface area contributed by atoms with Crippen molar-refractivity contribution in [3.63, 3.8) is 0 Å². The number of isocyanates is 1. The van der Waals surface area contributed by atoms with Crippen molar-refractivity contribution in [1.29, 1.82) is 0 Å². The molecule has 0 heterocycles. The molecule has 3 nitrogen and oxygen atoms in total. The van der Waals surface area contributed by atoms with Crippen LogP contribution in [-0.4, -0.2) is 6.08 Å². The quantitative estimate of drug-likeness (QED) is 0.582. The molecular formula is C14H11N2O. The Morgan fingerprint density at radius 3 is 1.59 bits per heavy atom. The lowest BCUT2D eigenvalue weighted by atomic mass is 10.00. The molecule has 0 saturated carbocycles. The summed E-state index contributed by atoms with van der Waals surface area (Å²) in [7, 11) is 0. The predicted molar refractivity (Wildman–Crippen MR) is 65.0 cm³/mol. The molecule has 3 radical (unpaired) electrons. The summed E-state index contributed by atoms with van der Waals surface area (Å²) in [5, 5.41) is 0. The molecule has 0 aliphatic heterocycles. The Hall–Kier alpha value is -2.22. The topological polar surface area (TPSA) is 59.9 Å². The lowest BCUT2D eigenvalue weighted by Crippen LogP contribution is -1.96. The smallest absolute Gasteiger partial charge is 0.211 e. The molecule has 0 aromatic heterocycles. The van der Waals surface area contributed by atoms with E-state index in [0.29, 0.717) is 0 Å². The molecule has 0 spiro atoms. The van der Waals surface area contributed by atoms with Crippen molar-refractivity contribution >= 4 is 6.08 Å². The van der Waals surface area contributed by atoms with Crippen LogP contribution in [0.2, 0.25) is 0 Å².